The molecule has 5 nitrogen and oxygen atoms in total. The number of morpholine rings is 1. The zero-order valence-electron chi connectivity index (χ0n) is 15.0. The van der Waals surface area contributed by atoms with Crippen molar-refractivity contribution >= 4 is 32.6 Å². The van der Waals surface area contributed by atoms with Crippen molar-refractivity contribution < 1.29 is 9.53 Å². The molecule has 3 heterocycles. The number of thiazole rings is 1. The number of fused-ring (bicyclic) bond motifs is 1. The zero-order valence-corrected chi connectivity index (χ0v) is 15.8. The fourth-order valence-electron chi connectivity index (χ4n) is 3.71. The molecule has 1 aromatic heterocycles. The Morgan fingerprint density at radius 1 is 1.16 bits per heavy atom. The largest absolute Gasteiger partial charge is 0.378 e. The second-order valence-electron chi connectivity index (χ2n) is 7.05. The quantitative estimate of drug-likeness (QED) is 0.827. The van der Waals surface area contributed by atoms with Crippen LogP contribution < -0.4 is 4.90 Å². The van der Waals surface area contributed by atoms with Crippen molar-refractivity contribution in [3.63, 3.8) is 0 Å². The van der Waals surface area contributed by atoms with E-state index in [0.717, 1.165) is 49.7 Å². The maximum atomic E-state index is 12.7. The van der Waals surface area contributed by atoms with Crippen LogP contribution in [0.4, 0.5) is 5.13 Å². The zero-order chi connectivity index (χ0) is 17.4. The molecule has 2 aliphatic rings. The summed E-state index contributed by atoms with van der Waals surface area (Å²) in [5, 5.41) is 1.10. The van der Waals surface area contributed by atoms with Gasteiger partial charge in [-0.2, -0.15) is 0 Å². The topological polar surface area (TPSA) is 45.7 Å². The molecule has 0 aliphatic carbocycles. The number of piperidine rings is 1. The Morgan fingerprint density at radius 3 is 2.60 bits per heavy atom. The van der Waals surface area contributed by atoms with E-state index in [2.05, 4.69) is 30.9 Å². The van der Waals surface area contributed by atoms with Crippen molar-refractivity contribution in [1.82, 2.24) is 9.88 Å². The molecule has 2 fully saturated rings. The average molecular weight is 359 g/mol. The van der Waals surface area contributed by atoms with Crippen LogP contribution in [0.15, 0.2) is 12.1 Å². The van der Waals surface area contributed by atoms with Gasteiger partial charge in [0, 0.05) is 32.1 Å². The minimum absolute atomic E-state index is 0.160. The summed E-state index contributed by atoms with van der Waals surface area (Å²) in [6.45, 7) is 8.96. The Morgan fingerprint density at radius 2 is 1.88 bits per heavy atom. The third-order valence-corrected chi connectivity index (χ3v) is 6.59. The molecule has 0 bridgehead atoms. The first-order chi connectivity index (χ1) is 12.1. The molecule has 25 heavy (non-hydrogen) atoms. The predicted octanol–water partition coefficient (Wildman–Crippen LogP) is 2.99. The van der Waals surface area contributed by atoms with Gasteiger partial charge in [-0.1, -0.05) is 17.4 Å². The number of anilines is 1. The molecule has 2 saturated heterocycles. The summed E-state index contributed by atoms with van der Waals surface area (Å²) < 4.78 is 6.60. The van der Waals surface area contributed by atoms with E-state index in [9.17, 15) is 4.79 Å². The van der Waals surface area contributed by atoms with E-state index in [1.165, 1.54) is 15.8 Å². The number of aromatic nitrogens is 1. The van der Waals surface area contributed by atoms with Gasteiger partial charge in [0.1, 0.15) is 0 Å². The minimum atomic E-state index is 0.160. The summed E-state index contributed by atoms with van der Waals surface area (Å²) in [4.78, 5) is 21.9. The lowest BCUT2D eigenvalue weighted by Crippen LogP contribution is -2.46. The van der Waals surface area contributed by atoms with Crippen LogP contribution in [0.3, 0.4) is 0 Å². The van der Waals surface area contributed by atoms with Gasteiger partial charge in [-0.25, -0.2) is 4.98 Å². The van der Waals surface area contributed by atoms with Crippen molar-refractivity contribution in [3.8, 4) is 0 Å². The highest BCUT2D eigenvalue weighted by atomic mass is 32.1. The Balaban J connectivity index is 1.43. The number of benzene rings is 1. The molecule has 0 saturated carbocycles. The first-order valence-electron chi connectivity index (χ1n) is 9.11. The number of aryl methyl sites for hydroxylation is 2. The van der Waals surface area contributed by atoms with Gasteiger partial charge in [0.05, 0.1) is 23.4 Å². The third kappa shape index (κ3) is 3.25. The van der Waals surface area contributed by atoms with Crippen LogP contribution in [-0.2, 0) is 9.53 Å². The Kier molecular flexibility index (Phi) is 4.65. The summed E-state index contributed by atoms with van der Waals surface area (Å²) in [7, 11) is 0. The molecule has 0 radical (unpaired) electrons. The molecular weight excluding hydrogens is 334 g/mol. The first kappa shape index (κ1) is 16.8. The summed E-state index contributed by atoms with van der Waals surface area (Å²) in [5.41, 5.74) is 3.70. The molecule has 6 heteroatoms. The average Bonchev–Trinajstić information content (AvgIpc) is 3.10. The van der Waals surface area contributed by atoms with Gasteiger partial charge in [0.2, 0.25) is 5.91 Å². The highest BCUT2D eigenvalue weighted by molar-refractivity contribution is 7.22. The van der Waals surface area contributed by atoms with E-state index in [1.54, 1.807) is 11.3 Å². The fourth-order valence-corrected chi connectivity index (χ4v) is 4.79. The SMILES string of the molecule is Cc1ccc2sc(N3CCC(C(=O)N4CCOCC4)CC3)nc2c1C. The van der Waals surface area contributed by atoms with E-state index in [1.807, 2.05) is 4.90 Å². The molecule has 1 aromatic carbocycles. The number of nitrogens with zero attached hydrogens (tertiary/aromatic N) is 3. The molecule has 0 unspecified atom stereocenters. The van der Waals surface area contributed by atoms with Crippen molar-refractivity contribution in [2.75, 3.05) is 44.3 Å². The third-order valence-electron chi connectivity index (χ3n) is 5.51. The highest BCUT2D eigenvalue weighted by Gasteiger charge is 2.30. The van der Waals surface area contributed by atoms with Gasteiger partial charge >= 0.3 is 0 Å². The Bertz CT molecular complexity index is 774. The number of amides is 1. The highest BCUT2D eigenvalue weighted by Crippen LogP contribution is 2.34. The fraction of sp³-hybridized carbons (Fsp3) is 0.579. The number of ether oxygens (including phenoxy) is 1. The van der Waals surface area contributed by atoms with Crippen LogP contribution in [0.25, 0.3) is 10.2 Å². The van der Waals surface area contributed by atoms with Gasteiger partial charge in [-0.05, 0) is 43.9 Å². The molecular formula is C19H25N3O2S. The van der Waals surface area contributed by atoms with E-state index >= 15 is 0 Å². The van der Waals surface area contributed by atoms with Gasteiger partial charge in [0.25, 0.3) is 0 Å². The normalized spacial score (nSPS) is 19.6. The second kappa shape index (κ2) is 6.92. The lowest BCUT2D eigenvalue weighted by molar-refractivity contribution is -0.140. The maximum absolute atomic E-state index is 12.7. The molecule has 1 amide bonds. The Hall–Kier alpha value is -1.66. The first-order valence-corrected chi connectivity index (χ1v) is 9.93. The van der Waals surface area contributed by atoms with Crippen molar-refractivity contribution in [3.05, 3.63) is 23.3 Å². The smallest absolute Gasteiger partial charge is 0.225 e. The number of rotatable bonds is 2. The monoisotopic (exact) mass is 359 g/mol. The van der Waals surface area contributed by atoms with Crippen LogP contribution >= 0.6 is 11.3 Å². The van der Waals surface area contributed by atoms with Crippen LogP contribution in [0.5, 0.6) is 0 Å². The van der Waals surface area contributed by atoms with E-state index < -0.39 is 0 Å². The lowest BCUT2D eigenvalue weighted by Gasteiger charge is -2.35. The number of carbonyl (C=O) groups excluding carboxylic acids is 1. The molecule has 4 rings (SSSR count). The van der Waals surface area contributed by atoms with E-state index in [0.29, 0.717) is 19.1 Å². The van der Waals surface area contributed by atoms with Crippen LogP contribution in [0, 0.1) is 19.8 Å². The van der Waals surface area contributed by atoms with Crippen molar-refractivity contribution in [1.29, 1.82) is 0 Å². The van der Waals surface area contributed by atoms with Gasteiger partial charge in [-0.3, -0.25) is 4.79 Å². The number of hydrogen-bond donors (Lipinski definition) is 0. The summed E-state index contributed by atoms with van der Waals surface area (Å²) in [5.74, 6) is 0.478. The van der Waals surface area contributed by atoms with Gasteiger partial charge in [0.15, 0.2) is 5.13 Å². The molecule has 0 N–H and O–H groups in total. The van der Waals surface area contributed by atoms with E-state index in [4.69, 9.17) is 9.72 Å². The van der Waals surface area contributed by atoms with Crippen molar-refractivity contribution in [2.45, 2.75) is 26.7 Å². The molecule has 0 spiro atoms. The minimum Gasteiger partial charge on any atom is -0.378 e. The Labute approximate surface area is 152 Å². The van der Waals surface area contributed by atoms with E-state index in [-0.39, 0.29) is 5.92 Å². The standard InChI is InChI=1S/C19H25N3O2S/c1-13-3-4-16-17(14(13)2)20-19(25-16)22-7-5-15(6-8-22)18(23)21-9-11-24-12-10-21/h3-4,15H,5-12H2,1-2H3. The molecule has 0 atom stereocenters. The van der Waals surface area contributed by atoms with Crippen molar-refractivity contribution in [2.24, 2.45) is 5.92 Å². The lowest BCUT2D eigenvalue weighted by atomic mass is 9.95. The molecule has 134 valence electrons. The van der Waals surface area contributed by atoms with Crippen LogP contribution in [0.2, 0.25) is 0 Å². The van der Waals surface area contributed by atoms with Crippen LogP contribution in [0.1, 0.15) is 24.0 Å². The summed E-state index contributed by atoms with van der Waals surface area (Å²) in [6.07, 6.45) is 1.84. The number of carbonyl (C=O) groups is 1. The maximum Gasteiger partial charge on any atom is 0.225 e. The van der Waals surface area contributed by atoms with Gasteiger partial charge < -0.3 is 14.5 Å². The predicted molar refractivity (Wildman–Crippen MR) is 101 cm³/mol. The number of hydrogen-bond acceptors (Lipinski definition) is 5. The van der Waals surface area contributed by atoms with Crippen LogP contribution in [-0.4, -0.2) is 55.2 Å². The molecule has 2 aliphatic heterocycles. The van der Waals surface area contributed by atoms with Gasteiger partial charge in [-0.15, -0.1) is 0 Å². The summed E-state index contributed by atoms with van der Waals surface area (Å²) in [6, 6.07) is 4.35. The molecule has 2 aromatic rings. The summed E-state index contributed by atoms with van der Waals surface area (Å²) >= 11 is 1.77. The second-order valence-corrected chi connectivity index (χ2v) is 8.06.